The van der Waals surface area contributed by atoms with Gasteiger partial charge in [-0.2, -0.15) is 0 Å². The summed E-state index contributed by atoms with van der Waals surface area (Å²) in [5.74, 6) is 1.33. The first-order valence-corrected chi connectivity index (χ1v) is 11.5. The smallest absolute Gasteiger partial charge is 0.244 e. The van der Waals surface area contributed by atoms with E-state index in [1.54, 1.807) is 12.1 Å². The predicted octanol–water partition coefficient (Wildman–Crippen LogP) is 3.28. The van der Waals surface area contributed by atoms with E-state index in [9.17, 15) is 8.42 Å². The number of hydrogen-bond acceptors (Lipinski definition) is 5. The van der Waals surface area contributed by atoms with Crippen LogP contribution in [0.15, 0.2) is 53.4 Å². The molecule has 3 rings (SSSR count). The van der Waals surface area contributed by atoms with Gasteiger partial charge in [-0.15, -0.1) is 0 Å². The number of nitrogens with zero attached hydrogens (tertiary/aromatic N) is 1. The first kappa shape index (κ1) is 21.6. The topological polar surface area (TPSA) is 67.9 Å². The first-order chi connectivity index (χ1) is 14.0. The number of sulfonamides is 1. The van der Waals surface area contributed by atoms with Gasteiger partial charge in [0.25, 0.3) is 0 Å². The summed E-state index contributed by atoms with van der Waals surface area (Å²) in [7, 11) is -0.681. The molecular formula is C22H30N2O4S. The molecule has 29 heavy (non-hydrogen) atoms. The van der Waals surface area contributed by atoms with Gasteiger partial charge < -0.3 is 9.47 Å². The zero-order valence-electron chi connectivity index (χ0n) is 17.1. The Morgan fingerprint density at radius 3 is 2.41 bits per heavy atom. The summed E-state index contributed by atoms with van der Waals surface area (Å²) in [6.45, 7) is 3.51. The van der Waals surface area contributed by atoms with Crippen LogP contribution in [0.25, 0.3) is 0 Å². The van der Waals surface area contributed by atoms with Gasteiger partial charge in [-0.1, -0.05) is 30.3 Å². The van der Waals surface area contributed by atoms with E-state index in [1.165, 1.54) is 25.8 Å². The third kappa shape index (κ3) is 5.95. The molecule has 1 aliphatic rings. The minimum Gasteiger partial charge on any atom is -0.497 e. The summed E-state index contributed by atoms with van der Waals surface area (Å²) < 4.78 is 38.5. The fourth-order valence-electron chi connectivity index (χ4n) is 3.74. The zero-order valence-corrected chi connectivity index (χ0v) is 18.0. The maximum Gasteiger partial charge on any atom is 0.244 e. The number of hydrogen-bond donors (Lipinski definition) is 1. The van der Waals surface area contributed by atoms with E-state index in [0.29, 0.717) is 24.0 Å². The quantitative estimate of drug-likeness (QED) is 0.677. The monoisotopic (exact) mass is 418 g/mol. The second-order valence-electron chi connectivity index (χ2n) is 7.41. The molecule has 0 saturated carbocycles. The Hall–Kier alpha value is -2.09. The Morgan fingerprint density at radius 1 is 1.03 bits per heavy atom. The molecule has 1 N–H and O–H groups in total. The lowest BCUT2D eigenvalue weighted by molar-refractivity contribution is 0.173. The molecule has 1 fully saturated rings. The SMILES string of the molecule is COc1ccc(OC)c(S(=O)(=O)NCCC2CCN(Cc3ccccc3)CC2)c1. The van der Waals surface area contributed by atoms with Crippen molar-refractivity contribution >= 4 is 10.0 Å². The maximum atomic E-state index is 12.7. The van der Waals surface area contributed by atoms with E-state index in [0.717, 1.165) is 38.9 Å². The molecule has 0 aliphatic carbocycles. The Balaban J connectivity index is 1.48. The van der Waals surface area contributed by atoms with Crippen LogP contribution in [0.5, 0.6) is 11.5 Å². The Kier molecular flexibility index (Phi) is 7.52. The third-order valence-corrected chi connectivity index (χ3v) is 6.94. The molecule has 6 nitrogen and oxygen atoms in total. The van der Waals surface area contributed by atoms with Gasteiger partial charge in [-0.3, -0.25) is 4.90 Å². The van der Waals surface area contributed by atoms with E-state index in [4.69, 9.17) is 9.47 Å². The van der Waals surface area contributed by atoms with Crippen molar-refractivity contribution in [3.63, 3.8) is 0 Å². The zero-order chi connectivity index (χ0) is 20.7. The molecule has 1 aliphatic heterocycles. The van der Waals surface area contributed by atoms with E-state index < -0.39 is 10.0 Å². The normalized spacial score (nSPS) is 15.9. The molecule has 0 amide bonds. The summed E-state index contributed by atoms with van der Waals surface area (Å²) in [5.41, 5.74) is 1.34. The van der Waals surface area contributed by atoms with Gasteiger partial charge in [-0.05, 0) is 56.0 Å². The summed E-state index contributed by atoms with van der Waals surface area (Å²) in [5, 5.41) is 0. The number of ether oxygens (including phenoxy) is 2. The highest BCUT2D eigenvalue weighted by Crippen LogP contribution is 2.28. The minimum absolute atomic E-state index is 0.108. The lowest BCUT2D eigenvalue weighted by Gasteiger charge is -2.32. The third-order valence-electron chi connectivity index (χ3n) is 5.46. The number of rotatable bonds is 9. The van der Waals surface area contributed by atoms with Crippen molar-refractivity contribution in [3.05, 3.63) is 54.1 Å². The maximum absolute atomic E-state index is 12.7. The van der Waals surface area contributed by atoms with Crippen LogP contribution in [0.1, 0.15) is 24.8 Å². The highest BCUT2D eigenvalue weighted by Gasteiger charge is 2.23. The van der Waals surface area contributed by atoms with Crippen LogP contribution in [-0.2, 0) is 16.6 Å². The standard InChI is InChI=1S/C22H30N2O4S/c1-27-20-8-9-21(28-2)22(16-20)29(25,26)23-13-10-18-11-14-24(15-12-18)17-19-6-4-3-5-7-19/h3-9,16,18,23H,10-15,17H2,1-2H3. The molecule has 0 unspecified atom stereocenters. The molecule has 0 radical (unpaired) electrons. The van der Waals surface area contributed by atoms with Gasteiger partial charge in [0.05, 0.1) is 14.2 Å². The van der Waals surface area contributed by atoms with Gasteiger partial charge in [0.1, 0.15) is 16.4 Å². The average molecular weight is 419 g/mol. The van der Waals surface area contributed by atoms with Crippen LogP contribution >= 0.6 is 0 Å². The largest absolute Gasteiger partial charge is 0.497 e. The molecule has 0 atom stereocenters. The Labute approximate surface area is 173 Å². The fraction of sp³-hybridized carbons (Fsp3) is 0.455. The highest BCUT2D eigenvalue weighted by molar-refractivity contribution is 7.89. The molecule has 158 valence electrons. The number of likely N-dealkylation sites (tertiary alicyclic amines) is 1. The van der Waals surface area contributed by atoms with Crippen molar-refractivity contribution in [2.75, 3.05) is 33.9 Å². The van der Waals surface area contributed by atoms with E-state index in [1.807, 2.05) is 6.07 Å². The summed E-state index contributed by atoms with van der Waals surface area (Å²) in [6.07, 6.45) is 3.03. The summed E-state index contributed by atoms with van der Waals surface area (Å²) >= 11 is 0. The lowest BCUT2D eigenvalue weighted by Crippen LogP contribution is -2.34. The Bertz CT molecular complexity index is 879. The number of methoxy groups -OCH3 is 2. The van der Waals surface area contributed by atoms with Crippen molar-refractivity contribution in [2.45, 2.75) is 30.7 Å². The van der Waals surface area contributed by atoms with Crippen molar-refractivity contribution in [2.24, 2.45) is 5.92 Å². The predicted molar refractivity (Wildman–Crippen MR) is 114 cm³/mol. The average Bonchev–Trinajstić information content (AvgIpc) is 2.75. The van der Waals surface area contributed by atoms with Gasteiger partial charge >= 0.3 is 0 Å². The van der Waals surface area contributed by atoms with Gasteiger partial charge in [0, 0.05) is 19.2 Å². The molecule has 2 aromatic carbocycles. The number of benzene rings is 2. The van der Waals surface area contributed by atoms with Gasteiger partial charge in [0.2, 0.25) is 10.0 Å². The summed E-state index contributed by atoms with van der Waals surface area (Å²) in [6, 6.07) is 15.3. The second kappa shape index (κ2) is 10.1. The van der Waals surface area contributed by atoms with Crippen LogP contribution in [0.3, 0.4) is 0 Å². The molecule has 0 spiro atoms. The Morgan fingerprint density at radius 2 is 1.76 bits per heavy atom. The second-order valence-corrected chi connectivity index (χ2v) is 9.14. The summed E-state index contributed by atoms with van der Waals surface area (Å²) in [4.78, 5) is 2.58. The molecule has 0 bridgehead atoms. The fourth-order valence-corrected chi connectivity index (χ4v) is 4.97. The van der Waals surface area contributed by atoms with E-state index in [2.05, 4.69) is 33.9 Å². The molecule has 1 heterocycles. The van der Waals surface area contributed by atoms with E-state index in [-0.39, 0.29) is 4.90 Å². The minimum atomic E-state index is -3.65. The molecule has 1 saturated heterocycles. The van der Waals surface area contributed by atoms with Crippen LogP contribution in [0, 0.1) is 5.92 Å². The van der Waals surface area contributed by atoms with Crippen LogP contribution in [-0.4, -0.2) is 47.2 Å². The van der Waals surface area contributed by atoms with E-state index >= 15 is 0 Å². The molecular weight excluding hydrogens is 388 g/mol. The molecule has 2 aromatic rings. The highest BCUT2D eigenvalue weighted by atomic mass is 32.2. The van der Waals surface area contributed by atoms with Crippen LogP contribution < -0.4 is 14.2 Å². The van der Waals surface area contributed by atoms with Crippen molar-refractivity contribution in [3.8, 4) is 11.5 Å². The first-order valence-electron chi connectivity index (χ1n) is 10.00. The van der Waals surface area contributed by atoms with Crippen molar-refractivity contribution in [1.82, 2.24) is 9.62 Å². The number of nitrogens with one attached hydrogen (secondary N) is 1. The lowest BCUT2D eigenvalue weighted by atomic mass is 9.93. The van der Waals surface area contributed by atoms with Gasteiger partial charge in [-0.25, -0.2) is 13.1 Å². The molecule has 7 heteroatoms. The van der Waals surface area contributed by atoms with Gasteiger partial charge in [0.15, 0.2) is 0 Å². The van der Waals surface area contributed by atoms with Crippen LogP contribution in [0.2, 0.25) is 0 Å². The number of piperidine rings is 1. The van der Waals surface area contributed by atoms with Crippen molar-refractivity contribution < 1.29 is 17.9 Å². The van der Waals surface area contributed by atoms with Crippen LogP contribution in [0.4, 0.5) is 0 Å². The molecule has 0 aromatic heterocycles. The van der Waals surface area contributed by atoms with Crippen molar-refractivity contribution in [1.29, 1.82) is 0 Å².